The van der Waals surface area contributed by atoms with Gasteiger partial charge in [-0.2, -0.15) is 0 Å². The minimum Gasteiger partial charge on any atom is -0.490 e. The Kier molecular flexibility index (Phi) is 5.25. The highest BCUT2D eigenvalue weighted by Gasteiger charge is 2.25. The number of carboxylic acids is 1. The second-order valence-electron chi connectivity index (χ2n) is 5.42. The SMILES string of the molecule is CCOc1cc(C(=O)N2CCC(C)C2)ccc1OCC(=O)O. The first kappa shape index (κ1) is 16.1. The number of ether oxygens (including phenoxy) is 2. The van der Waals surface area contributed by atoms with Crippen LogP contribution in [0.15, 0.2) is 18.2 Å². The van der Waals surface area contributed by atoms with Crippen molar-refractivity contribution in [2.24, 2.45) is 5.92 Å². The minimum atomic E-state index is -1.06. The number of carbonyl (C=O) groups is 2. The summed E-state index contributed by atoms with van der Waals surface area (Å²) in [7, 11) is 0. The zero-order valence-electron chi connectivity index (χ0n) is 12.9. The van der Waals surface area contributed by atoms with E-state index < -0.39 is 12.6 Å². The van der Waals surface area contributed by atoms with E-state index in [4.69, 9.17) is 14.6 Å². The standard InChI is InChI=1S/C16H21NO5/c1-3-21-14-8-12(4-5-13(14)22-10-15(18)19)16(20)17-7-6-11(2)9-17/h4-5,8,11H,3,6-7,9-10H2,1-2H3,(H,18,19). The van der Waals surface area contributed by atoms with Gasteiger partial charge in [-0.1, -0.05) is 6.92 Å². The molecule has 1 aliphatic rings. The molecule has 0 aromatic heterocycles. The molecule has 0 spiro atoms. The average Bonchev–Trinajstić information content (AvgIpc) is 2.92. The van der Waals surface area contributed by atoms with E-state index in [1.54, 1.807) is 18.2 Å². The predicted octanol–water partition coefficient (Wildman–Crippen LogP) is 2.03. The molecule has 1 amide bonds. The highest BCUT2D eigenvalue weighted by atomic mass is 16.5. The molecule has 1 atom stereocenters. The molecule has 1 N–H and O–H groups in total. The van der Waals surface area contributed by atoms with Gasteiger partial charge in [0.2, 0.25) is 0 Å². The Hall–Kier alpha value is -2.24. The third-order valence-corrected chi connectivity index (χ3v) is 3.55. The number of aliphatic carboxylic acids is 1. The lowest BCUT2D eigenvalue weighted by Crippen LogP contribution is -2.28. The van der Waals surface area contributed by atoms with Gasteiger partial charge in [0.25, 0.3) is 5.91 Å². The Bertz CT molecular complexity index is 557. The van der Waals surface area contributed by atoms with Gasteiger partial charge in [-0.15, -0.1) is 0 Å². The molecule has 1 saturated heterocycles. The summed E-state index contributed by atoms with van der Waals surface area (Å²) in [6.07, 6.45) is 1.02. The molecule has 1 unspecified atom stereocenters. The fraction of sp³-hybridized carbons (Fsp3) is 0.500. The fourth-order valence-corrected chi connectivity index (χ4v) is 2.47. The van der Waals surface area contributed by atoms with Gasteiger partial charge in [-0.05, 0) is 37.5 Å². The van der Waals surface area contributed by atoms with Crippen LogP contribution in [-0.2, 0) is 4.79 Å². The Balaban J connectivity index is 2.17. The van der Waals surface area contributed by atoms with Gasteiger partial charge in [0.15, 0.2) is 18.1 Å². The molecule has 1 aromatic carbocycles. The van der Waals surface area contributed by atoms with E-state index in [1.165, 1.54) is 0 Å². The van der Waals surface area contributed by atoms with E-state index in [0.717, 1.165) is 19.5 Å². The highest BCUT2D eigenvalue weighted by molar-refractivity contribution is 5.95. The molecule has 1 heterocycles. The molecule has 1 aromatic rings. The summed E-state index contributed by atoms with van der Waals surface area (Å²) in [4.78, 5) is 24.9. The number of hydrogen-bond acceptors (Lipinski definition) is 4. The summed E-state index contributed by atoms with van der Waals surface area (Å²) in [5.41, 5.74) is 0.528. The van der Waals surface area contributed by atoms with Crippen molar-refractivity contribution in [1.29, 1.82) is 0 Å². The smallest absolute Gasteiger partial charge is 0.341 e. The summed E-state index contributed by atoms with van der Waals surface area (Å²) in [5, 5.41) is 8.68. The Morgan fingerprint density at radius 3 is 2.68 bits per heavy atom. The van der Waals surface area contributed by atoms with Crippen molar-refractivity contribution in [2.75, 3.05) is 26.3 Å². The lowest BCUT2D eigenvalue weighted by atomic mass is 10.1. The molecule has 6 nitrogen and oxygen atoms in total. The van der Waals surface area contributed by atoms with Crippen molar-refractivity contribution < 1.29 is 24.2 Å². The number of rotatable bonds is 6. The van der Waals surface area contributed by atoms with E-state index in [-0.39, 0.29) is 5.91 Å². The van der Waals surface area contributed by atoms with E-state index in [1.807, 2.05) is 11.8 Å². The molecular weight excluding hydrogens is 286 g/mol. The third-order valence-electron chi connectivity index (χ3n) is 3.55. The molecule has 1 aliphatic heterocycles. The Morgan fingerprint density at radius 2 is 2.09 bits per heavy atom. The zero-order chi connectivity index (χ0) is 16.1. The summed E-state index contributed by atoms with van der Waals surface area (Å²) < 4.78 is 10.6. The van der Waals surface area contributed by atoms with E-state index in [2.05, 4.69) is 6.92 Å². The highest BCUT2D eigenvalue weighted by Crippen LogP contribution is 2.29. The van der Waals surface area contributed by atoms with Crippen LogP contribution >= 0.6 is 0 Å². The van der Waals surface area contributed by atoms with E-state index in [9.17, 15) is 9.59 Å². The first-order valence-corrected chi connectivity index (χ1v) is 7.42. The van der Waals surface area contributed by atoms with Crippen LogP contribution in [0.1, 0.15) is 30.6 Å². The number of likely N-dealkylation sites (tertiary alicyclic amines) is 1. The number of carbonyl (C=O) groups excluding carboxylic acids is 1. The number of benzene rings is 1. The van der Waals surface area contributed by atoms with Crippen LogP contribution < -0.4 is 9.47 Å². The zero-order valence-corrected chi connectivity index (χ0v) is 12.9. The molecule has 0 saturated carbocycles. The lowest BCUT2D eigenvalue weighted by molar-refractivity contribution is -0.139. The van der Waals surface area contributed by atoms with Crippen LogP contribution in [-0.4, -0.2) is 48.2 Å². The van der Waals surface area contributed by atoms with Crippen LogP contribution in [0.5, 0.6) is 11.5 Å². The molecule has 0 bridgehead atoms. The summed E-state index contributed by atoms with van der Waals surface area (Å²) >= 11 is 0. The quantitative estimate of drug-likeness (QED) is 0.870. The van der Waals surface area contributed by atoms with E-state index in [0.29, 0.717) is 29.6 Å². The summed E-state index contributed by atoms with van der Waals surface area (Å²) in [6.45, 7) is 5.43. The number of hydrogen-bond donors (Lipinski definition) is 1. The van der Waals surface area contributed by atoms with Gasteiger partial charge < -0.3 is 19.5 Å². The molecule has 120 valence electrons. The van der Waals surface area contributed by atoms with Gasteiger partial charge in [0.1, 0.15) is 0 Å². The topological polar surface area (TPSA) is 76.1 Å². The van der Waals surface area contributed by atoms with Crippen molar-refractivity contribution in [3.63, 3.8) is 0 Å². The Labute approximate surface area is 129 Å². The average molecular weight is 307 g/mol. The van der Waals surface area contributed by atoms with Crippen molar-refractivity contribution in [3.05, 3.63) is 23.8 Å². The molecule has 6 heteroatoms. The maximum absolute atomic E-state index is 12.5. The van der Waals surface area contributed by atoms with E-state index >= 15 is 0 Å². The second-order valence-corrected chi connectivity index (χ2v) is 5.42. The first-order chi connectivity index (χ1) is 10.5. The van der Waals surface area contributed by atoms with Crippen molar-refractivity contribution >= 4 is 11.9 Å². The number of amides is 1. The normalized spacial score (nSPS) is 17.4. The number of nitrogens with zero attached hydrogens (tertiary/aromatic N) is 1. The van der Waals surface area contributed by atoms with Crippen molar-refractivity contribution in [3.8, 4) is 11.5 Å². The lowest BCUT2D eigenvalue weighted by Gasteiger charge is -2.17. The van der Waals surface area contributed by atoms with Crippen LogP contribution in [0.25, 0.3) is 0 Å². The fourth-order valence-electron chi connectivity index (χ4n) is 2.47. The molecule has 0 radical (unpaired) electrons. The molecule has 2 rings (SSSR count). The van der Waals surface area contributed by atoms with Crippen LogP contribution in [0.4, 0.5) is 0 Å². The molecule has 22 heavy (non-hydrogen) atoms. The predicted molar refractivity (Wildman–Crippen MR) is 80.4 cm³/mol. The minimum absolute atomic E-state index is 0.0323. The van der Waals surface area contributed by atoms with Gasteiger partial charge in [-0.3, -0.25) is 4.79 Å². The van der Waals surface area contributed by atoms with Crippen molar-refractivity contribution in [2.45, 2.75) is 20.3 Å². The number of carboxylic acid groups (broad SMARTS) is 1. The monoisotopic (exact) mass is 307 g/mol. The van der Waals surface area contributed by atoms with Gasteiger partial charge in [-0.25, -0.2) is 4.79 Å². The summed E-state index contributed by atoms with van der Waals surface area (Å²) in [5.74, 6) is 0.148. The largest absolute Gasteiger partial charge is 0.490 e. The summed E-state index contributed by atoms with van der Waals surface area (Å²) in [6, 6.07) is 4.84. The van der Waals surface area contributed by atoms with Crippen molar-refractivity contribution in [1.82, 2.24) is 4.90 Å². The maximum Gasteiger partial charge on any atom is 0.341 e. The molecular formula is C16H21NO5. The van der Waals surface area contributed by atoms with Gasteiger partial charge in [0, 0.05) is 18.7 Å². The van der Waals surface area contributed by atoms with Gasteiger partial charge >= 0.3 is 5.97 Å². The van der Waals surface area contributed by atoms with Gasteiger partial charge in [0.05, 0.1) is 6.61 Å². The first-order valence-electron chi connectivity index (χ1n) is 7.42. The van der Waals surface area contributed by atoms with Crippen LogP contribution in [0.3, 0.4) is 0 Å². The van der Waals surface area contributed by atoms with Crippen LogP contribution in [0, 0.1) is 5.92 Å². The molecule has 1 fully saturated rings. The molecule has 0 aliphatic carbocycles. The Morgan fingerprint density at radius 1 is 1.32 bits per heavy atom. The van der Waals surface area contributed by atoms with Crippen LogP contribution in [0.2, 0.25) is 0 Å². The maximum atomic E-state index is 12.5. The third kappa shape index (κ3) is 3.90. The second kappa shape index (κ2) is 7.15.